The highest BCUT2D eigenvalue weighted by Crippen LogP contribution is 2.22. The Kier molecular flexibility index (Phi) is 6.31. The molecule has 1 amide bonds. The lowest BCUT2D eigenvalue weighted by Gasteiger charge is -2.07. The Morgan fingerprint density at radius 1 is 1.24 bits per heavy atom. The predicted octanol–water partition coefficient (Wildman–Crippen LogP) is 5.11. The van der Waals surface area contributed by atoms with E-state index in [2.05, 4.69) is 10.4 Å². The van der Waals surface area contributed by atoms with Crippen LogP contribution in [0.25, 0.3) is 6.08 Å². The topological polar surface area (TPSA) is 90.1 Å². The van der Waals surface area contributed by atoms with Crippen molar-refractivity contribution in [2.75, 3.05) is 5.32 Å². The number of non-ortho nitro benzene ring substituents is 1. The van der Waals surface area contributed by atoms with Gasteiger partial charge in [0.05, 0.1) is 11.5 Å². The summed E-state index contributed by atoms with van der Waals surface area (Å²) >= 11 is 12.1. The molecule has 0 bridgehead atoms. The lowest BCUT2D eigenvalue weighted by Crippen LogP contribution is -2.09. The van der Waals surface area contributed by atoms with Crippen LogP contribution in [0.1, 0.15) is 16.8 Å². The molecule has 0 spiro atoms. The maximum Gasteiger partial charge on any atom is 0.270 e. The molecule has 1 heterocycles. The SMILES string of the molecule is Cc1cc(NC(=O)/C=C/c2cccc([N+](=O)[O-])c2)nn1Cc1ccc(Cl)cc1Cl. The summed E-state index contributed by atoms with van der Waals surface area (Å²) in [5.41, 5.74) is 2.20. The molecule has 0 aliphatic rings. The minimum absolute atomic E-state index is 0.0391. The minimum atomic E-state index is -0.486. The van der Waals surface area contributed by atoms with E-state index >= 15 is 0 Å². The molecule has 29 heavy (non-hydrogen) atoms. The van der Waals surface area contributed by atoms with Crippen LogP contribution in [0.4, 0.5) is 11.5 Å². The second-order valence-corrected chi connectivity index (χ2v) is 7.08. The van der Waals surface area contributed by atoms with Crippen LogP contribution < -0.4 is 5.32 Å². The number of hydrogen-bond donors (Lipinski definition) is 1. The fourth-order valence-electron chi connectivity index (χ4n) is 2.62. The molecule has 0 radical (unpaired) electrons. The summed E-state index contributed by atoms with van der Waals surface area (Å²) in [4.78, 5) is 22.5. The molecule has 0 saturated carbocycles. The van der Waals surface area contributed by atoms with Crippen molar-refractivity contribution in [1.29, 1.82) is 0 Å². The van der Waals surface area contributed by atoms with E-state index in [0.717, 1.165) is 11.3 Å². The molecule has 3 rings (SSSR count). The first kappa shape index (κ1) is 20.6. The van der Waals surface area contributed by atoms with E-state index in [1.165, 1.54) is 24.3 Å². The number of nitrogens with zero attached hydrogens (tertiary/aromatic N) is 3. The van der Waals surface area contributed by atoms with Crippen molar-refractivity contribution >= 4 is 46.7 Å². The number of rotatable bonds is 6. The molecule has 0 fully saturated rings. The molecule has 9 heteroatoms. The van der Waals surface area contributed by atoms with Crippen LogP contribution in [0.15, 0.2) is 54.6 Å². The van der Waals surface area contributed by atoms with Crippen molar-refractivity contribution in [3.8, 4) is 0 Å². The quantitative estimate of drug-likeness (QED) is 0.334. The van der Waals surface area contributed by atoms with Gasteiger partial charge in [-0.1, -0.05) is 41.4 Å². The third-order valence-electron chi connectivity index (χ3n) is 4.08. The molecule has 0 atom stereocenters. The Balaban J connectivity index is 1.67. The van der Waals surface area contributed by atoms with Gasteiger partial charge in [0.15, 0.2) is 5.82 Å². The zero-order valence-corrected chi connectivity index (χ0v) is 16.8. The fraction of sp³-hybridized carbons (Fsp3) is 0.100. The monoisotopic (exact) mass is 430 g/mol. The number of nitrogens with one attached hydrogen (secondary N) is 1. The normalized spacial score (nSPS) is 11.0. The Hall–Kier alpha value is -3.16. The number of carbonyl (C=O) groups excluding carboxylic acids is 1. The van der Waals surface area contributed by atoms with Crippen LogP contribution in [0.5, 0.6) is 0 Å². The van der Waals surface area contributed by atoms with Gasteiger partial charge in [-0.15, -0.1) is 0 Å². The van der Waals surface area contributed by atoms with Gasteiger partial charge in [-0.05, 0) is 36.3 Å². The summed E-state index contributed by atoms with van der Waals surface area (Å²) in [7, 11) is 0. The number of aryl methyl sites for hydroxylation is 1. The smallest absolute Gasteiger partial charge is 0.270 e. The lowest BCUT2D eigenvalue weighted by atomic mass is 10.2. The first-order valence-corrected chi connectivity index (χ1v) is 9.29. The first-order chi connectivity index (χ1) is 13.8. The predicted molar refractivity (Wildman–Crippen MR) is 113 cm³/mol. The average molecular weight is 431 g/mol. The minimum Gasteiger partial charge on any atom is -0.306 e. The van der Waals surface area contributed by atoms with Gasteiger partial charge in [0.25, 0.3) is 5.69 Å². The van der Waals surface area contributed by atoms with Crippen LogP contribution in [-0.2, 0) is 11.3 Å². The van der Waals surface area contributed by atoms with E-state index in [9.17, 15) is 14.9 Å². The van der Waals surface area contributed by atoms with Gasteiger partial charge in [0.1, 0.15) is 0 Å². The Morgan fingerprint density at radius 2 is 2.03 bits per heavy atom. The maximum absolute atomic E-state index is 12.2. The van der Waals surface area contributed by atoms with Crippen molar-refractivity contribution in [2.45, 2.75) is 13.5 Å². The third-order valence-corrected chi connectivity index (χ3v) is 4.66. The second kappa shape index (κ2) is 8.89. The van der Waals surface area contributed by atoms with Gasteiger partial charge in [-0.3, -0.25) is 19.6 Å². The molecule has 0 aliphatic carbocycles. The van der Waals surface area contributed by atoms with Crippen LogP contribution in [-0.4, -0.2) is 20.6 Å². The summed E-state index contributed by atoms with van der Waals surface area (Å²) < 4.78 is 1.72. The number of nitro groups is 1. The Labute approximate surface area is 176 Å². The van der Waals surface area contributed by atoms with Crippen molar-refractivity contribution < 1.29 is 9.72 Å². The molecule has 2 aromatic carbocycles. The van der Waals surface area contributed by atoms with Gasteiger partial charge in [0.2, 0.25) is 5.91 Å². The fourth-order valence-corrected chi connectivity index (χ4v) is 3.09. The number of nitro benzene ring substituents is 1. The Morgan fingerprint density at radius 3 is 2.76 bits per heavy atom. The van der Waals surface area contributed by atoms with Crippen LogP contribution in [0, 0.1) is 17.0 Å². The number of benzene rings is 2. The highest BCUT2D eigenvalue weighted by atomic mass is 35.5. The summed E-state index contributed by atoms with van der Waals surface area (Å²) in [6, 6.07) is 13.0. The molecule has 0 unspecified atom stereocenters. The van der Waals surface area contributed by atoms with E-state index < -0.39 is 10.8 Å². The molecule has 0 aliphatic heterocycles. The molecule has 7 nitrogen and oxygen atoms in total. The van der Waals surface area contributed by atoms with Crippen LogP contribution >= 0.6 is 23.2 Å². The van der Waals surface area contributed by atoms with Crippen LogP contribution in [0.3, 0.4) is 0 Å². The summed E-state index contributed by atoms with van der Waals surface area (Å²) in [5.74, 6) is -0.00744. The third kappa shape index (κ3) is 5.43. The molecule has 3 aromatic rings. The molecule has 1 N–H and O–H groups in total. The van der Waals surface area contributed by atoms with Crippen molar-refractivity contribution in [3.05, 3.63) is 91.6 Å². The van der Waals surface area contributed by atoms with E-state index in [1.54, 1.807) is 35.0 Å². The van der Waals surface area contributed by atoms with Crippen molar-refractivity contribution in [1.82, 2.24) is 9.78 Å². The summed E-state index contributed by atoms with van der Waals surface area (Å²) in [6.45, 7) is 2.30. The largest absolute Gasteiger partial charge is 0.306 e. The summed E-state index contributed by atoms with van der Waals surface area (Å²) in [5, 5.41) is 19.0. The van der Waals surface area contributed by atoms with Crippen molar-refractivity contribution in [3.63, 3.8) is 0 Å². The average Bonchev–Trinajstić information content (AvgIpc) is 3.01. The number of aromatic nitrogens is 2. The molecular weight excluding hydrogens is 415 g/mol. The lowest BCUT2D eigenvalue weighted by molar-refractivity contribution is -0.384. The van der Waals surface area contributed by atoms with E-state index in [0.29, 0.717) is 28.0 Å². The van der Waals surface area contributed by atoms with E-state index in [-0.39, 0.29) is 5.69 Å². The van der Waals surface area contributed by atoms with Gasteiger partial charge < -0.3 is 5.32 Å². The Bertz CT molecular complexity index is 1110. The van der Waals surface area contributed by atoms with Gasteiger partial charge in [-0.2, -0.15) is 5.10 Å². The first-order valence-electron chi connectivity index (χ1n) is 8.54. The summed E-state index contributed by atoms with van der Waals surface area (Å²) in [6.07, 6.45) is 2.79. The molecular formula is C20H16Cl2N4O3. The van der Waals surface area contributed by atoms with E-state index in [1.807, 2.05) is 13.0 Å². The number of halogens is 2. The zero-order valence-electron chi connectivity index (χ0n) is 15.3. The zero-order chi connectivity index (χ0) is 21.0. The van der Waals surface area contributed by atoms with Gasteiger partial charge in [-0.25, -0.2) is 0 Å². The second-order valence-electron chi connectivity index (χ2n) is 6.24. The maximum atomic E-state index is 12.2. The number of anilines is 1. The van der Waals surface area contributed by atoms with Gasteiger partial charge in [0, 0.05) is 40.0 Å². The van der Waals surface area contributed by atoms with Crippen LogP contribution in [0.2, 0.25) is 10.0 Å². The van der Waals surface area contributed by atoms with E-state index in [4.69, 9.17) is 23.2 Å². The van der Waals surface area contributed by atoms with Crippen molar-refractivity contribution in [2.24, 2.45) is 0 Å². The highest BCUT2D eigenvalue weighted by Gasteiger charge is 2.09. The standard InChI is InChI=1S/C20H16Cl2N4O3/c1-13-9-19(24-25(13)12-15-6-7-16(21)11-18(15)22)23-20(27)8-5-14-3-2-4-17(10-14)26(28)29/h2-11H,12H2,1H3,(H,23,24,27)/b8-5+. The highest BCUT2D eigenvalue weighted by molar-refractivity contribution is 6.35. The number of hydrogen-bond acceptors (Lipinski definition) is 4. The molecule has 1 aromatic heterocycles. The number of amides is 1. The number of carbonyl (C=O) groups is 1. The molecule has 148 valence electrons. The molecule has 0 saturated heterocycles. The van der Waals surface area contributed by atoms with Gasteiger partial charge >= 0.3 is 0 Å².